The molecule has 93 heavy (non-hydrogen) atoms. The molecule has 0 atom stereocenters. The molecule has 13 aromatic carbocycles. The standard InChI is InChI=1S/C82H51B3N6S2/c1-7-26-52(27-8-1)86-64-40-23-41-65-76(64)83(60-48-62-72(50-70(60)86)88(54-30-11-3-12-31-54)66-42-24-44-68-77(66)84(62)81-79(58-38-19-21-46-74(58)92-81)90(68)56-34-15-5-16-35-56)61-49-63-73(51-71(61)87(65)53-28-9-2-10-29-53)89(55-32-13-4-14-33-55)67-43-25-45-69-78(67)85(63)82-80(59-39-20-22-47-75(59)93-82)91(69)57-36-17-6-18-37-57/h1-51H. The summed E-state index contributed by atoms with van der Waals surface area (Å²) in [5.41, 5.74) is 30.3. The third-order valence-electron chi connectivity index (χ3n) is 20.3. The number of hydrogen-bond acceptors (Lipinski definition) is 8. The van der Waals surface area contributed by atoms with Gasteiger partial charge < -0.3 is 29.4 Å². The van der Waals surface area contributed by atoms with Crippen molar-refractivity contribution in [1.29, 1.82) is 0 Å². The van der Waals surface area contributed by atoms with Crippen molar-refractivity contribution < 1.29 is 0 Å². The van der Waals surface area contributed by atoms with Crippen LogP contribution in [0.5, 0.6) is 0 Å². The van der Waals surface area contributed by atoms with E-state index in [9.17, 15) is 0 Å². The Hall–Kier alpha value is -11.2. The van der Waals surface area contributed by atoms with E-state index in [-0.39, 0.29) is 20.1 Å². The molecule has 6 aliphatic heterocycles. The zero-order valence-corrected chi connectivity index (χ0v) is 51.8. The van der Waals surface area contributed by atoms with Crippen LogP contribution in [0.4, 0.5) is 102 Å². The van der Waals surface area contributed by atoms with Gasteiger partial charge in [-0.3, -0.25) is 0 Å². The summed E-state index contributed by atoms with van der Waals surface area (Å²) in [7, 11) is 0. The topological polar surface area (TPSA) is 19.4 Å². The van der Waals surface area contributed by atoms with Gasteiger partial charge in [0.2, 0.25) is 0 Å². The molecular weight excluding hydrogens is 1170 g/mol. The average Bonchev–Trinajstić information content (AvgIpc) is 1.62. The van der Waals surface area contributed by atoms with Gasteiger partial charge >= 0.3 is 0 Å². The SMILES string of the molecule is c1ccc(N2c3cc4c(cc3B3c5cc6c(cc5N(c5ccccc5)c5cccc2c53)N(c2ccccc2)c2cccc3c2B6c2sc5ccccc5c2N3c2ccccc2)B2c3sc5ccccc5c3N(c3ccccc3)c3cccc(c32)N4c2ccccc2)cc1. The van der Waals surface area contributed by atoms with Crippen molar-refractivity contribution in [3.63, 3.8) is 0 Å². The summed E-state index contributed by atoms with van der Waals surface area (Å²) in [5, 5.41) is 2.54. The largest absolute Gasteiger partial charge is 0.311 e. The lowest BCUT2D eigenvalue weighted by Crippen LogP contribution is -2.66. The minimum absolute atomic E-state index is 0.0893. The van der Waals surface area contributed by atoms with Crippen molar-refractivity contribution in [1.82, 2.24) is 0 Å². The summed E-state index contributed by atoms with van der Waals surface area (Å²) >= 11 is 3.91. The number of nitrogens with zero attached hydrogens (tertiary/aromatic N) is 6. The minimum atomic E-state index is -0.196. The molecule has 0 radical (unpaired) electrons. The molecule has 0 N–H and O–H groups in total. The maximum absolute atomic E-state index is 2.69. The Kier molecular flexibility index (Phi) is 10.9. The Morgan fingerprint density at radius 3 is 0.763 bits per heavy atom. The molecule has 430 valence electrons. The van der Waals surface area contributed by atoms with Gasteiger partial charge in [0.1, 0.15) is 0 Å². The van der Waals surface area contributed by atoms with E-state index in [1.807, 2.05) is 22.7 Å². The van der Waals surface area contributed by atoms with Crippen LogP contribution >= 0.6 is 22.7 Å². The molecule has 0 amide bonds. The molecule has 0 spiro atoms. The van der Waals surface area contributed by atoms with Crippen LogP contribution < -0.4 is 77.2 Å². The predicted molar refractivity (Wildman–Crippen MR) is 399 cm³/mol. The number of rotatable bonds is 6. The smallest absolute Gasteiger partial charge is 0.264 e. The lowest BCUT2D eigenvalue weighted by atomic mass is 9.30. The van der Waals surface area contributed by atoms with Gasteiger partial charge in [-0.1, -0.05) is 176 Å². The fourth-order valence-electron chi connectivity index (χ4n) is 16.8. The minimum Gasteiger partial charge on any atom is -0.311 e. The van der Waals surface area contributed by atoms with Gasteiger partial charge in [0.15, 0.2) is 0 Å². The van der Waals surface area contributed by atoms with E-state index in [4.69, 9.17) is 0 Å². The van der Waals surface area contributed by atoms with Crippen molar-refractivity contribution in [2.75, 3.05) is 29.4 Å². The van der Waals surface area contributed by atoms with Gasteiger partial charge in [-0.15, -0.1) is 22.7 Å². The van der Waals surface area contributed by atoms with E-state index in [0.29, 0.717) is 0 Å². The molecule has 11 heteroatoms. The third-order valence-corrected chi connectivity index (χ3v) is 22.7. The van der Waals surface area contributed by atoms with Crippen LogP contribution in [0.25, 0.3) is 20.2 Å². The van der Waals surface area contributed by atoms with Crippen LogP contribution in [0.15, 0.2) is 309 Å². The van der Waals surface area contributed by atoms with Gasteiger partial charge in [0, 0.05) is 121 Å². The lowest BCUT2D eigenvalue weighted by Gasteiger charge is -2.48. The second-order valence-corrected chi connectivity index (χ2v) is 27.2. The number of hydrogen-bond donors (Lipinski definition) is 0. The highest BCUT2D eigenvalue weighted by atomic mass is 32.1. The van der Waals surface area contributed by atoms with Crippen molar-refractivity contribution in [3.05, 3.63) is 309 Å². The Labute approximate surface area is 548 Å². The number of thiophene rings is 2. The molecule has 6 aliphatic rings. The fourth-order valence-corrected chi connectivity index (χ4v) is 19.4. The summed E-state index contributed by atoms with van der Waals surface area (Å²) in [4.78, 5) is 15.4. The Morgan fingerprint density at radius 2 is 0.452 bits per heavy atom. The molecule has 21 rings (SSSR count). The van der Waals surface area contributed by atoms with E-state index in [0.717, 1.165) is 34.1 Å². The van der Waals surface area contributed by atoms with Crippen LogP contribution in [0.1, 0.15) is 0 Å². The van der Waals surface area contributed by atoms with Gasteiger partial charge in [-0.2, -0.15) is 0 Å². The Morgan fingerprint density at radius 1 is 0.204 bits per heavy atom. The van der Waals surface area contributed by atoms with E-state index in [1.165, 1.54) is 136 Å². The van der Waals surface area contributed by atoms with Gasteiger partial charge in [-0.05, 0) is 172 Å². The highest BCUT2D eigenvalue weighted by Gasteiger charge is 2.52. The number of fused-ring (bicyclic) bond motifs is 16. The second-order valence-electron chi connectivity index (χ2n) is 25.0. The Balaban J connectivity index is 0.890. The molecule has 0 bridgehead atoms. The first kappa shape index (κ1) is 51.5. The fraction of sp³-hybridized carbons (Fsp3) is 0. The van der Waals surface area contributed by atoms with E-state index in [1.54, 1.807) is 0 Å². The summed E-state index contributed by atoms with van der Waals surface area (Å²) in [6.07, 6.45) is 0. The first-order valence-corrected chi connectivity index (χ1v) is 33.7. The monoisotopic (exact) mass is 1220 g/mol. The normalized spacial score (nSPS) is 14.0. The summed E-state index contributed by atoms with van der Waals surface area (Å²) in [5.74, 6) is 0. The molecule has 0 saturated carbocycles. The van der Waals surface area contributed by atoms with Gasteiger partial charge in [-0.25, -0.2) is 0 Å². The molecular formula is C82H51B3N6S2. The first-order chi connectivity index (χ1) is 46.2. The zero-order valence-electron chi connectivity index (χ0n) is 50.2. The van der Waals surface area contributed by atoms with E-state index >= 15 is 0 Å². The van der Waals surface area contributed by atoms with Crippen LogP contribution in [0.3, 0.4) is 0 Å². The highest BCUT2D eigenvalue weighted by molar-refractivity contribution is 7.34. The average molecular weight is 1220 g/mol. The van der Waals surface area contributed by atoms with Crippen LogP contribution in [0.2, 0.25) is 0 Å². The van der Waals surface area contributed by atoms with E-state index in [2.05, 4.69) is 339 Å². The first-order valence-electron chi connectivity index (χ1n) is 32.1. The summed E-state index contributed by atoms with van der Waals surface area (Å²) < 4.78 is 5.29. The molecule has 2 aromatic heterocycles. The molecule has 0 fully saturated rings. The molecule has 0 saturated heterocycles. The molecule has 0 unspecified atom stereocenters. The van der Waals surface area contributed by atoms with Crippen molar-refractivity contribution in [3.8, 4) is 0 Å². The molecule has 15 aromatic rings. The van der Waals surface area contributed by atoms with Crippen molar-refractivity contribution >= 4 is 213 Å². The Bertz CT molecular complexity index is 5250. The molecule has 0 aliphatic carbocycles. The molecule has 6 nitrogen and oxygen atoms in total. The second kappa shape index (κ2) is 19.6. The predicted octanol–water partition coefficient (Wildman–Crippen LogP) is 16.4. The van der Waals surface area contributed by atoms with Crippen LogP contribution in [-0.2, 0) is 0 Å². The summed E-state index contributed by atoms with van der Waals surface area (Å²) in [6, 6.07) is 116. The highest BCUT2D eigenvalue weighted by Crippen LogP contribution is 2.53. The number of benzene rings is 13. The van der Waals surface area contributed by atoms with Gasteiger partial charge in [0.05, 0.1) is 11.4 Å². The van der Waals surface area contributed by atoms with Crippen LogP contribution in [-0.4, -0.2) is 20.1 Å². The maximum Gasteiger partial charge on any atom is 0.264 e. The van der Waals surface area contributed by atoms with Crippen molar-refractivity contribution in [2.45, 2.75) is 0 Å². The lowest BCUT2D eigenvalue weighted by molar-refractivity contribution is 1.23. The summed E-state index contributed by atoms with van der Waals surface area (Å²) in [6.45, 7) is -0.375. The number of para-hydroxylation sites is 6. The quantitative estimate of drug-likeness (QED) is 0.153. The van der Waals surface area contributed by atoms with E-state index < -0.39 is 0 Å². The zero-order chi connectivity index (χ0) is 60.6. The van der Waals surface area contributed by atoms with Crippen LogP contribution in [0, 0.1) is 0 Å². The number of anilines is 18. The van der Waals surface area contributed by atoms with Gasteiger partial charge in [0.25, 0.3) is 20.1 Å². The molecule has 8 heterocycles. The third kappa shape index (κ3) is 7.15. The van der Waals surface area contributed by atoms with Crippen molar-refractivity contribution in [2.24, 2.45) is 0 Å². The maximum atomic E-state index is 2.69.